The third kappa shape index (κ3) is 18.1. The quantitative estimate of drug-likeness (QED) is 0.362. The van der Waals surface area contributed by atoms with Gasteiger partial charge < -0.3 is 0 Å². The van der Waals surface area contributed by atoms with E-state index in [1.165, 1.54) is 0 Å². The summed E-state index contributed by atoms with van der Waals surface area (Å²) in [5.41, 5.74) is 0. The van der Waals surface area contributed by atoms with Crippen LogP contribution in [-0.4, -0.2) is 14.2 Å². The Bertz CT molecular complexity index is 126. The van der Waals surface area contributed by atoms with Crippen molar-refractivity contribution in [2.24, 2.45) is 0 Å². The third-order valence-electron chi connectivity index (χ3n) is 1.29. The second-order valence-corrected chi connectivity index (χ2v) is 5.90. The van der Waals surface area contributed by atoms with Gasteiger partial charge in [0.25, 0.3) is 0 Å². The van der Waals surface area contributed by atoms with Crippen molar-refractivity contribution >= 4 is 14.2 Å². The Hall–Kier alpha value is 2.28. The monoisotopic (exact) mass is 254 g/mol. The van der Waals surface area contributed by atoms with Crippen LogP contribution >= 0.6 is 0 Å². The Labute approximate surface area is 121 Å². The van der Waals surface area contributed by atoms with Crippen molar-refractivity contribution in [2.75, 3.05) is 0 Å². The van der Waals surface area contributed by atoms with Crippen molar-refractivity contribution in [1.29, 1.82) is 0 Å². The summed E-state index contributed by atoms with van der Waals surface area (Å²) in [5.74, 6) is 0. The van der Waals surface area contributed by atoms with E-state index in [2.05, 4.69) is 0 Å². The molecule has 0 rings (SSSR count). The minimum atomic E-state index is -4.76. The van der Waals surface area contributed by atoms with E-state index in [0.29, 0.717) is 6.42 Å². The molecule has 0 radical (unpaired) electrons. The largest absolute Gasteiger partial charge is 1.00 e. The fourth-order valence-electron chi connectivity index (χ4n) is 0.732. The average molecular weight is 254 g/mol. The van der Waals surface area contributed by atoms with Gasteiger partial charge in [0.2, 0.25) is 0 Å². The average Bonchev–Trinajstić information content (AvgIpc) is 1.78. The van der Waals surface area contributed by atoms with Crippen molar-refractivity contribution in [3.05, 3.63) is 0 Å². The third-order valence-corrected chi connectivity index (χ3v) is 3.10. The molecule has 62 valence electrons. The van der Waals surface area contributed by atoms with Crippen LogP contribution < -0.4 is 67.3 Å². The molecule has 0 fully saturated rings. The van der Waals surface area contributed by atoms with Crippen LogP contribution in [0.15, 0.2) is 0 Å². The molecule has 0 aliphatic heterocycles. The summed E-state index contributed by atoms with van der Waals surface area (Å²) in [7, 11) is 0. The molecule has 0 saturated heterocycles. The summed E-state index contributed by atoms with van der Waals surface area (Å²) in [4.78, 5) is 0. The molecular weight excluding hydrogens is 241 g/mol. The van der Waals surface area contributed by atoms with E-state index < -0.39 is 14.2 Å². The maximum absolute atomic E-state index is 10.1. The Morgan fingerprint density at radius 2 is 1.58 bits per heavy atom. The van der Waals surface area contributed by atoms with Gasteiger partial charge in [-0.2, -0.15) is 0 Å². The molecule has 0 unspecified atom stereocenters. The van der Waals surface area contributed by atoms with Crippen LogP contribution in [0.25, 0.3) is 0 Å². The van der Waals surface area contributed by atoms with Crippen LogP contribution in [0.5, 0.6) is 0 Å². The first-order chi connectivity index (χ1) is 4.56. The second-order valence-electron chi connectivity index (χ2n) is 2.40. The molecule has 0 N–H and O–H groups in total. The first-order valence-electron chi connectivity index (χ1n) is 3.57. The molecule has 0 aliphatic rings. The molecular formula is C6H13AsNa2O3. The molecule has 0 saturated carbocycles. The Balaban J connectivity index is -0.000000405. The van der Waals surface area contributed by atoms with Crippen LogP contribution in [0, 0.1) is 0 Å². The molecule has 0 bridgehead atoms. The van der Waals surface area contributed by atoms with Gasteiger partial charge >= 0.3 is 123 Å². The van der Waals surface area contributed by atoms with Gasteiger partial charge in [0, 0.05) is 0 Å². The van der Waals surface area contributed by atoms with Gasteiger partial charge in [-0.3, -0.25) is 0 Å². The number of rotatable bonds is 5. The number of unbranched alkanes of at least 4 members (excludes halogenated alkanes) is 3. The minimum Gasteiger partial charge on any atom is 1.00 e. The predicted molar refractivity (Wildman–Crippen MR) is 35.4 cm³/mol. The summed E-state index contributed by atoms with van der Waals surface area (Å²) in [6.07, 6.45) is 3.51. The van der Waals surface area contributed by atoms with Crippen LogP contribution in [-0.2, 0) is 3.74 Å². The normalized spacial score (nSPS) is 9.92. The van der Waals surface area contributed by atoms with Crippen molar-refractivity contribution in [3.63, 3.8) is 0 Å². The zero-order valence-corrected chi connectivity index (χ0v) is 14.1. The van der Waals surface area contributed by atoms with Crippen molar-refractivity contribution in [1.82, 2.24) is 0 Å². The zero-order chi connectivity index (χ0) is 8.04. The summed E-state index contributed by atoms with van der Waals surface area (Å²) in [6, 6.07) is 0. The first-order valence-corrected chi connectivity index (χ1v) is 7.20. The minimum absolute atomic E-state index is 0. The number of hydrogen-bond donors (Lipinski definition) is 0. The van der Waals surface area contributed by atoms with E-state index in [1.54, 1.807) is 0 Å². The zero-order valence-electron chi connectivity index (χ0n) is 8.21. The summed E-state index contributed by atoms with van der Waals surface area (Å²) >= 11 is -4.76. The van der Waals surface area contributed by atoms with E-state index in [-0.39, 0.29) is 64.3 Å². The summed E-state index contributed by atoms with van der Waals surface area (Å²) in [6.45, 7) is 2.04. The SMILES string of the molecule is CCCCCC[As](=O)([O-])[O-].[Na+].[Na+]. The van der Waals surface area contributed by atoms with Crippen LogP contribution in [0.1, 0.15) is 32.6 Å². The van der Waals surface area contributed by atoms with Gasteiger partial charge in [0.05, 0.1) is 0 Å². The topological polar surface area (TPSA) is 63.2 Å². The molecule has 0 aromatic heterocycles. The Kier molecular flexibility index (Phi) is 18.7. The van der Waals surface area contributed by atoms with Gasteiger partial charge in [0.1, 0.15) is 0 Å². The van der Waals surface area contributed by atoms with E-state index in [4.69, 9.17) is 0 Å². The van der Waals surface area contributed by atoms with E-state index in [9.17, 15) is 11.9 Å². The molecule has 0 heterocycles. The van der Waals surface area contributed by atoms with Crippen molar-refractivity contribution < 1.29 is 71.0 Å². The predicted octanol–water partition coefficient (Wildman–Crippen LogP) is -6.34. The standard InChI is InChI=1S/C6H15AsO3.2Na/c1-2-3-4-5-6-7(8,9)10;;/h2-6H2,1H3,(H2,8,9,10);;/q;2*+1/p-2. The van der Waals surface area contributed by atoms with Crippen molar-refractivity contribution in [2.45, 2.75) is 37.8 Å². The first kappa shape index (κ1) is 19.8. The maximum atomic E-state index is 10.1. The number of hydrogen-bond acceptors (Lipinski definition) is 3. The second kappa shape index (κ2) is 11.4. The van der Waals surface area contributed by atoms with Gasteiger partial charge in [0.15, 0.2) is 0 Å². The molecule has 0 aromatic rings. The van der Waals surface area contributed by atoms with Crippen molar-refractivity contribution in [3.8, 4) is 0 Å². The van der Waals surface area contributed by atoms with Crippen LogP contribution in [0.2, 0.25) is 5.21 Å². The van der Waals surface area contributed by atoms with E-state index in [0.717, 1.165) is 19.3 Å². The molecule has 3 nitrogen and oxygen atoms in total. The molecule has 0 aromatic carbocycles. The van der Waals surface area contributed by atoms with E-state index in [1.807, 2.05) is 6.92 Å². The van der Waals surface area contributed by atoms with E-state index >= 15 is 0 Å². The van der Waals surface area contributed by atoms with Crippen LogP contribution in [0.4, 0.5) is 0 Å². The molecule has 0 atom stereocenters. The molecule has 0 spiro atoms. The van der Waals surface area contributed by atoms with Crippen LogP contribution in [0.3, 0.4) is 0 Å². The van der Waals surface area contributed by atoms with Gasteiger partial charge in [-0.1, -0.05) is 0 Å². The van der Waals surface area contributed by atoms with Gasteiger partial charge in [-0.15, -0.1) is 0 Å². The molecule has 12 heavy (non-hydrogen) atoms. The Morgan fingerprint density at radius 1 is 1.08 bits per heavy atom. The molecule has 6 heteroatoms. The van der Waals surface area contributed by atoms with Gasteiger partial charge in [-0.05, 0) is 0 Å². The molecule has 0 aliphatic carbocycles. The molecule has 0 amide bonds. The summed E-state index contributed by atoms with van der Waals surface area (Å²) < 4.78 is 30.4. The van der Waals surface area contributed by atoms with Gasteiger partial charge in [-0.25, -0.2) is 0 Å². The fourth-order valence-corrected chi connectivity index (χ4v) is 2.01. The smallest absolute Gasteiger partial charge is 1.00 e. The fraction of sp³-hybridized carbons (Fsp3) is 1.00. The Morgan fingerprint density at radius 3 is 1.92 bits per heavy atom. The summed E-state index contributed by atoms with van der Waals surface area (Å²) in [5, 5.41) is -0.113. The maximum Gasteiger partial charge on any atom is 1.00 e.